The maximum atomic E-state index is 12.7. The highest BCUT2D eigenvalue weighted by molar-refractivity contribution is 9.10. The van der Waals surface area contributed by atoms with Crippen molar-refractivity contribution in [3.8, 4) is 0 Å². The molecule has 1 aliphatic heterocycles. The number of halogens is 1. The third-order valence-corrected chi connectivity index (χ3v) is 5.12. The molecule has 0 aliphatic carbocycles. The van der Waals surface area contributed by atoms with Crippen LogP contribution < -0.4 is 0 Å². The SMILES string of the molecule is CCCN(C(=O)CCOCC1CCCO1)C(C)c1ccccc1Br. The second-order valence-electron chi connectivity index (χ2n) is 6.24. The van der Waals surface area contributed by atoms with Crippen LogP contribution in [0.4, 0.5) is 0 Å². The van der Waals surface area contributed by atoms with Gasteiger partial charge in [-0.3, -0.25) is 4.79 Å². The number of carbonyl (C=O) groups excluding carboxylic acids is 1. The van der Waals surface area contributed by atoms with Crippen LogP contribution in [-0.4, -0.2) is 43.3 Å². The van der Waals surface area contributed by atoms with Gasteiger partial charge in [0, 0.05) is 17.6 Å². The molecule has 0 radical (unpaired) electrons. The lowest BCUT2D eigenvalue weighted by Crippen LogP contribution is -2.35. The predicted molar refractivity (Wildman–Crippen MR) is 99.0 cm³/mol. The van der Waals surface area contributed by atoms with E-state index >= 15 is 0 Å². The Morgan fingerprint density at radius 1 is 1.46 bits per heavy atom. The number of hydrogen-bond donors (Lipinski definition) is 0. The van der Waals surface area contributed by atoms with Gasteiger partial charge < -0.3 is 14.4 Å². The van der Waals surface area contributed by atoms with Crippen molar-refractivity contribution in [2.45, 2.75) is 51.7 Å². The van der Waals surface area contributed by atoms with Gasteiger partial charge in [-0.15, -0.1) is 0 Å². The Morgan fingerprint density at radius 2 is 2.25 bits per heavy atom. The molecule has 2 rings (SSSR count). The van der Waals surface area contributed by atoms with Crippen LogP contribution in [0.2, 0.25) is 0 Å². The second-order valence-corrected chi connectivity index (χ2v) is 7.10. The highest BCUT2D eigenvalue weighted by atomic mass is 79.9. The van der Waals surface area contributed by atoms with Gasteiger partial charge in [0.2, 0.25) is 5.91 Å². The lowest BCUT2D eigenvalue weighted by atomic mass is 10.1. The Labute approximate surface area is 153 Å². The molecule has 0 saturated carbocycles. The molecule has 1 fully saturated rings. The van der Waals surface area contributed by atoms with Crippen molar-refractivity contribution in [1.29, 1.82) is 0 Å². The van der Waals surface area contributed by atoms with Crippen LogP contribution in [0.1, 0.15) is 51.1 Å². The van der Waals surface area contributed by atoms with Crippen LogP contribution in [0.15, 0.2) is 28.7 Å². The van der Waals surface area contributed by atoms with Gasteiger partial charge in [0.05, 0.1) is 31.8 Å². The van der Waals surface area contributed by atoms with Crippen molar-refractivity contribution in [1.82, 2.24) is 4.90 Å². The Kier molecular flexibility index (Phi) is 8.22. The van der Waals surface area contributed by atoms with Gasteiger partial charge in [0.25, 0.3) is 0 Å². The molecule has 1 aromatic carbocycles. The van der Waals surface area contributed by atoms with E-state index in [9.17, 15) is 4.79 Å². The Bertz CT molecular complexity index is 517. The van der Waals surface area contributed by atoms with Crippen LogP contribution in [-0.2, 0) is 14.3 Å². The summed E-state index contributed by atoms with van der Waals surface area (Å²) in [5.74, 6) is 0.146. The van der Waals surface area contributed by atoms with Gasteiger partial charge in [-0.2, -0.15) is 0 Å². The molecule has 0 bridgehead atoms. The first-order chi connectivity index (χ1) is 11.6. The van der Waals surface area contributed by atoms with Gasteiger partial charge >= 0.3 is 0 Å². The van der Waals surface area contributed by atoms with Crippen molar-refractivity contribution >= 4 is 21.8 Å². The van der Waals surface area contributed by atoms with Gasteiger partial charge in [0.1, 0.15) is 0 Å². The van der Waals surface area contributed by atoms with Gasteiger partial charge in [-0.1, -0.05) is 41.1 Å². The summed E-state index contributed by atoms with van der Waals surface area (Å²) in [4.78, 5) is 14.6. The first-order valence-electron chi connectivity index (χ1n) is 8.86. The van der Waals surface area contributed by atoms with Crippen LogP contribution in [0.5, 0.6) is 0 Å². The molecule has 2 atom stereocenters. The van der Waals surface area contributed by atoms with E-state index < -0.39 is 0 Å². The fraction of sp³-hybridized carbons (Fsp3) is 0.632. The molecule has 1 saturated heterocycles. The Hall–Kier alpha value is -0.910. The molecular weight excluding hydrogens is 370 g/mol. The van der Waals surface area contributed by atoms with Crippen LogP contribution >= 0.6 is 15.9 Å². The van der Waals surface area contributed by atoms with Gasteiger partial charge in [-0.05, 0) is 37.8 Å². The van der Waals surface area contributed by atoms with E-state index in [1.807, 2.05) is 23.1 Å². The van der Waals surface area contributed by atoms with Crippen molar-refractivity contribution < 1.29 is 14.3 Å². The summed E-state index contributed by atoms with van der Waals surface area (Å²) < 4.78 is 12.2. The molecule has 0 aromatic heterocycles. The van der Waals surface area contributed by atoms with Crippen molar-refractivity contribution in [2.75, 3.05) is 26.4 Å². The lowest BCUT2D eigenvalue weighted by Gasteiger charge is -2.30. The van der Waals surface area contributed by atoms with E-state index in [1.165, 1.54) is 0 Å². The van der Waals surface area contributed by atoms with Crippen LogP contribution in [0, 0.1) is 0 Å². The predicted octanol–water partition coefficient (Wildman–Crippen LogP) is 4.33. The van der Waals surface area contributed by atoms with Crippen molar-refractivity contribution in [3.05, 3.63) is 34.3 Å². The summed E-state index contributed by atoms with van der Waals surface area (Å²) in [6.07, 6.45) is 3.75. The summed E-state index contributed by atoms with van der Waals surface area (Å²) in [5, 5.41) is 0. The monoisotopic (exact) mass is 397 g/mol. The minimum Gasteiger partial charge on any atom is -0.378 e. The molecule has 1 amide bonds. The molecule has 134 valence electrons. The molecule has 2 unspecified atom stereocenters. The fourth-order valence-electron chi connectivity index (χ4n) is 3.05. The lowest BCUT2D eigenvalue weighted by molar-refractivity contribution is -0.134. The van der Waals surface area contributed by atoms with E-state index in [4.69, 9.17) is 9.47 Å². The molecule has 1 heterocycles. The van der Waals surface area contributed by atoms with E-state index in [2.05, 4.69) is 35.8 Å². The summed E-state index contributed by atoms with van der Waals surface area (Å²) in [5.41, 5.74) is 1.14. The maximum Gasteiger partial charge on any atom is 0.225 e. The fourth-order valence-corrected chi connectivity index (χ4v) is 3.67. The van der Waals surface area contributed by atoms with Crippen LogP contribution in [0.25, 0.3) is 0 Å². The molecule has 1 aromatic rings. The average Bonchev–Trinajstić information content (AvgIpc) is 3.09. The molecule has 0 N–H and O–H groups in total. The number of rotatable bonds is 9. The molecular formula is C19H28BrNO3. The molecule has 0 spiro atoms. The van der Waals surface area contributed by atoms with Gasteiger partial charge in [-0.25, -0.2) is 0 Å². The number of nitrogens with zero attached hydrogens (tertiary/aromatic N) is 1. The van der Waals surface area contributed by atoms with E-state index in [0.29, 0.717) is 19.6 Å². The summed E-state index contributed by atoms with van der Waals surface area (Å²) in [6.45, 7) is 6.83. The summed E-state index contributed by atoms with van der Waals surface area (Å²) in [6, 6.07) is 8.14. The first kappa shape index (κ1) is 19.4. The van der Waals surface area contributed by atoms with E-state index in [-0.39, 0.29) is 18.1 Å². The Morgan fingerprint density at radius 3 is 2.92 bits per heavy atom. The van der Waals surface area contributed by atoms with Gasteiger partial charge in [0.15, 0.2) is 0 Å². The minimum atomic E-state index is 0.0474. The smallest absolute Gasteiger partial charge is 0.225 e. The number of carbonyl (C=O) groups is 1. The van der Waals surface area contributed by atoms with Crippen molar-refractivity contribution in [2.24, 2.45) is 0 Å². The first-order valence-corrected chi connectivity index (χ1v) is 9.66. The summed E-state index contributed by atoms with van der Waals surface area (Å²) in [7, 11) is 0. The topological polar surface area (TPSA) is 38.8 Å². The third-order valence-electron chi connectivity index (χ3n) is 4.40. The molecule has 4 nitrogen and oxygen atoms in total. The number of amides is 1. The maximum absolute atomic E-state index is 12.7. The van der Waals surface area contributed by atoms with E-state index in [1.54, 1.807) is 0 Å². The zero-order chi connectivity index (χ0) is 17.4. The second kappa shape index (κ2) is 10.2. The number of benzene rings is 1. The molecule has 5 heteroatoms. The number of hydrogen-bond acceptors (Lipinski definition) is 3. The van der Waals surface area contributed by atoms with E-state index in [0.717, 1.165) is 42.5 Å². The normalized spacial score (nSPS) is 18.5. The highest BCUT2D eigenvalue weighted by Gasteiger charge is 2.22. The highest BCUT2D eigenvalue weighted by Crippen LogP contribution is 2.28. The zero-order valence-corrected chi connectivity index (χ0v) is 16.3. The third kappa shape index (κ3) is 5.57. The van der Waals surface area contributed by atoms with Crippen molar-refractivity contribution in [3.63, 3.8) is 0 Å². The minimum absolute atomic E-state index is 0.0474. The average molecular weight is 398 g/mol. The largest absolute Gasteiger partial charge is 0.378 e. The quantitative estimate of drug-likeness (QED) is 0.581. The summed E-state index contributed by atoms with van der Waals surface area (Å²) >= 11 is 3.59. The number of ether oxygens (including phenoxy) is 2. The molecule has 24 heavy (non-hydrogen) atoms. The zero-order valence-electron chi connectivity index (χ0n) is 14.7. The standard InChI is InChI=1S/C19H28BrNO3/c1-3-11-21(15(2)17-8-4-5-9-18(17)20)19(22)10-13-23-14-16-7-6-12-24-16/h4-5,8-9,15-16H,3,6-7,10-14H2,1-2H3. The van der Waals surface area contributed by atoms with Crippen LogP contribution in [0.3, 0.4) is 0 Å². The molecule has 1 aliphatic rings. The Balaban J connectivity index is 1.86.